The van der Waals surface area contributed by atoms with E-state index < -0.39 is 16.8 Å². The molecule has 8 rings (SSSR count). The maximum Gasteiger partial charge on any atom is 0.312 e. The third-order valence-corrected chi connectivity index (χ3v) is 9.93. The van der Waals surface area contributed by atoms with E-state index in [1.807, 2.05) is 83.8 Å². The lowest BCUT2D eigenvalue weighted by Gasteiger charge is -2.59. The Labute approximate surface area is 240 Å². The first kappa shape index (κ1) is 25.6. The van der Waals surface area contributed by atoms with Gasteiger partial charge in [-0.15, -0.1) is 0 Å². The second kappa shape index (κ2) is 9.91. The number of carbonyl (C=O) groups excluding carboxylic acids is 1. The van der Waals surface area contributed by atoms with Crippen LogP contribution in [0.1, 0.15) is 46.6 Å². The Balaban J connectivity index is 1.22. The normalized spacial score (nSPS) is 25.8. The van der Waals surface area contributed by atoms with Crippen molar-refractivity contribution < 1.29 is 19.4 Å². The number of hydrogen-bond donors (Lipinski definition) is 1. The minimum absolute atomic E-state index is 0.0533. The van der Waals surface area contributed by atoms with E-state index in [1.165, 1.54) is 5.56 Å². The molecule has 1 amide bonds. The van der Waals surface area contributed by atoms with Crippen LogP contribution in [0.2, 0.25) is 0 Å². The summed E-state index contributed by atoms with van der Waals surface area (Å²) in [5.74, 6) is -0.489. The van der Waals surface area contributed by atoms with Crippen molar-refractivity contribution in [1.29, 1.82) is 0 Å². The number of carboxylic acids is 1. The number of carbonyl (C=O) groups is 2. The monoisotopic (exact) mass is 543 g/mol. The highest BCUT2D eigenvalue weighted by Gasteiger charge is 2.70. The fourth-order valence-electron chi connectivity index (χ4n) is 8.18. The Morgan fingerprint density at radius 1 is 0.854 bits per heavy atom. The van der Waals surface area contributed by atoms with E-state index in [9.17, 15) is 14.7 Å². The first-order valence-electron chi connectivity index (χ1n) is 14.4. The van der Waals surface area contributed by atoms with Crippen molar-refractivity contribution in [1.82, 2.24) is 4.90 Å². The standard InChI is InChI=1S/C36H33NO4/c38-33(21-26-13-7-10-18-31(26)41-23-25-11-3-1-4-12-25)37-22-32-35(27-14-5-2-6-15-27)20-19-30(36(32,24-37)34(39)40)28-16-8-9-17-29(28)35/h1-18,30,32H,19-24H2,(H,39,40)/t30-,32-,35-,36-/m1/s1. The van der Waals surface area contributed by atoms with Gasteiger partial charge in [0.15, 0.2) is 0 Å². The molecule has 5 heteroatoms. The van der Waals surface area contributed by atoms with Gasteiger partial charge in [0.2, 0.25) is 5.91 Å². The van der Waals surface area contributed by atoms with E-state index in [0.717, 1.165) is 35.1 Å². The SMILES string of the molecule is O=C(Cc1ccccc1OCc1ccccc1)N1C[C@@H]2[C@@]3(c4ccccc4)CC[C@H](c4ccccc43)[C@]2(C(=O)O)C1. The van der Waals surface area contributed by atoms with Crippen molar-refractivity contribution in [2.24, 2.45) is 11.3 Å². The fourth-order valence-corrected chi connectivity index (χ4v) is 8.18. The number of para-hydroxylation sites is 1. The highest BCUT2D eigenvalue weighted by atomic mass is 16.5. The van der Waals surface area contributed by atoms with Crippen molar-refractivity contribution in [3.63, 3.8) is 0 Å². The van der Waals surface area contributed by atoms with Crippen LogP contribution in [0, 0.1) is 11.3 Å². The number of likely N-dealkylation sites (tertiary alicyclic amines) is 1. The van der Waals surface area contributed by atoms with E-state index in [1.54, 1.807) is 0 Å². The zero-order chi connectivity index (χ0) is 28.0. The number of nitrogens with zero attached hydrogens (tertiary/aromatic N) is 1. The van der Waals surface area contributed by atoms with Gasteiger partial charge >= 0.3 is 5.97 Å². The van der Waals surface area contributed by atoms with Crippen molar-refractivity contribution in [3.8, 4) is 5.75 Å². The first-order valence-corrected chi connectivity index (χ1v) is 14.4. The second-order valence-electron chi connectivity index (χ2n) is 11.7. The summed E-state index contributed by atoms with van der Waals surface area (Å²) in [5, 5.41) is 11.0. The molecule has 4 atom stereocenters. The van der Waals surface area contributed by atoms with Crippen LogP contribution < -0.4 is 4.74 Å². The first-order chi connectivity index (χ1) is 20.0. The molecule has 1 saturated carbocycles. The molecule has 1 saturated heterocycles. The fraction of sp³-hybridized carbons (Fsp3) is 0.278. The molecule has 0 radical (unpaired) electrons. The van der Waals surface area contributed by atoms with Gasteiger partial charge in [-0.1, -0.05) is 103 Å². The van der Waals surface area contributed by atoms with Gasteiger partial charge in [0.1, 0.15) is 12.4 Å². The second-order valence-corrected chi connectivity index (χ2v) is 11.7. The number of hydrogen-bond acceptors (Lipinski definition) is 3. The van der Waals surface area contributed by atoms with Gasteiger partial charge < -0.3 is 14.7 Å². The Morgan fingerprint density at radius 2 is 1.54 bits per heavy atom. The molecule has 0 aromatic heterocycles. The van der Waals surface area contributed by atoms with Crippen LogP contribution in [0.3, 0.4) is 0 Å². The number of carboxylic acid groups (broad SMARTS) is 1. The van der Waals surface area contributed by atoms with Gasteiger partial charge in [-0.25, -0.2) is 0 Å². The number of fused-ring (bicyclic) bond motifs is 1. The molecule has 1 N–H and O–H groups in total. The van der Waals surface area contributed by atoms with E-state index in [4.69, 9.17) is 4.74 Å². The third kappa shape index (κ3) is 3.90. The summed E-state index contributed by atoms with van der Waals surface area (Å²) in [4.78, 5) is 29.2. The molecule has 5 nitrogen and oxygen atoms in total. The Kier molecular flexibility index (Phi) is 6.19. The van der Waals surface area contributed by atoms with Crippen molar-refractivity contribution in [2.45, 2.75) is 37.2 Å². The predicted octanol–water partition coefficient (Wildman–Crippen LogP) is 6.21. The maximum atomic E-state index is 14.0. The summed E-state index contributed by atoms with van der Waals surface area (Å²) < 4.78 is 6.13. The quantitative estimate of drug-likeness (QED) is 0.301. The van der Waals surface area contributed by atoms with Gasteiger partial charge in [-0.05, 0) is 41.2 Å². The molecule has 1 heterocycles. The van der Waals surface area contributed by atoms with Crippen molar-refractivity contribution in [2.75, 3.05) is 13.1 Å². The Hall–Kier alpha value is -4.38. The molecule has 206 valence electrons. The molecule has 4 aliphatic rings. The predicted molar refractivity (Wildman–Crippen MR) is 157 cm³/mol. The number of benzene rings is 4. The molecule has 2 fully saturated rings. The smallest absolute Gasteiger partial charge is 0.312 e. The number of amides is 1. The lowest BCUT2D eigenvalue weighted by Crippen LogP contribution is -2.60. The highest BCUT2D eigenvalue weighted by Crippen LogP contribution is 2.68. The van der Waals surface area contributed by atoms with Crippen LogP contribution >= 0.6 is 0 Å². The lowest BCUT2D eigenvalue weighted by molar-refractivity contribution is -0.157. The van der Waals surface area contributed by atoms with Gasteiger partial charge in [0, 0.05) is 35.9 Å². The summed E-state index contributed by atoms with van der Waals surface area (Å²) in [7, 11) is 0. The van der Waals surface area contributed by atoms with Gasteiger partial charge in [0.05, 0.1) is 11.8 Å². The molecule has 4 aromatic carbocycles. The Bertz CT molecular complexity index is 1600. The summed E-state index contributed by atoms with van der Waals surface area (Å²) in [6, 6.07) is 36.4. The van der Waals surface area contributed by atoms with Gasteiger partial charge in [-0.3, -0.25) is 9.59 Å². The number of rotatable bonds is 7. The average Bonchev–Trinajstić information content (AvgIpc) is 3.46. The highest BCUT2D eigenvalue weighted by molar-refractivity contribution is 5.85. The van der Waals surface area contributed by atoms with E-state index >= 15 is 0 Å². The topological polar surface area (TPSA) is 66.8 Å². The van der Waals surface area contributed by atoms with Crippen LogP contribution in [0.25, 0.3) is 0 Å². The van der Waals surface area contributed by atoms with Gasteiger partial charge in [-0.2, -0.15) is 0 Å². The molecule has 4 aromatic rings. The summed E-state index contributed by atoms with van der Waals surface area (Å²) >= 11 is 0. The molecule has 3 aliphatic carbocycles. The molecular formula is C36H33NO4. The Morgan fingerprint density at radius 3 is 2.32 bits per heavy atom. The van der Waals surface area contributed by atoms with Crippen LogP contribution in [0.5, 0.6) is 5.75 Å². The zero-order valence-electron chi connectivity index (χ0n) is 22.9. The lowest BCUT2D eigenvalue weighted by atomic mass is 9.42. The van der Waals surface area contributed by atoms with Crippen LogP contribution in [0.15, 0.2) is 109 Å². The van der Waals surface area contributed by atoms with E-state index in [0.29, 0.717) is 18.9 Å². The maximum absolute atomic E-state index is 14.0. The zero-order valence-corrected chi connectivity index (χ0v) is 22.9. The summed E-state index contributed by atoms with van der Waals surface area (Å²) in [5.41, 5.74) is 3.92. The molecule has 0 spiro atoms. The molecular weight excluding hydrogens is 510 g/mol. The van der Waals surface area contributed by atoms with E-state index in [-0.39, 0.29) is 30.7 Å². The average molecular weight is 544 g/mol. The summed E-state index contributed by atoms with van der Waals surface area (Å²) in [6.45, 7) is 1.07. The van der Waals surface area contributed by atoms with Crippen LogP contribution in [0.4, 0.5) is 0 Å². The molecule has 41 heavy (non-hydrogen) atoms. The molecule has 0 unspecified atom stereocenters. The minimum Gasteiger partial charge on any atom is -0.489 e. The molecule has 2 bridgehead atoms. The molecule has 1 aliphatic heterocycles. The van der Waals surface area contributed by atoms with E-state index in [2.05, 4.69) is 30.3 Å². The number of aliphatic carboxylic acids is 1. The van der Waals surface area contributed by atoms with Crippen LogP contribution in [-0.4, -0.2) is 35.0 Å². The minimum atomic E-state index is -1.03. The van der Waals surface area contributed by atoms with Gasteiger partial charge in [0.25, 0.3) is 0 Å². The largest absolute Gasteiger partial charge is 0.489 e. The third-order valence-electron chi connectivity index (χ3n) is 9.93. The van der Waals surface area contributed by atoms with Crippen LogP contribution in [-0.2, 0) is 28.0 Å². The number of ether oxygens (including phenoxy) is 1. The van der Waals surface area contributed by atoms with Crippen molar-refractivity contribution >= 4 is 11.9 Å². The summed E-state index contributed by atoms with van der Waals surface area (Å²) in [6.07, 6.45) is 1.85. The van der Waals surface area contributed by atoms with Crippen molar-refractivity contribution in [3.05, 3.63) is 137 Å².